The van der Waals surface area contributed by atoms with Crippen LogP contribution in [0.25, 0.3) is 0 Å². The first-order valence-corrected chi connectivity index (χ1v) is 7.56. The van der Waals surface area contributed by atoms with Crippen molar-refractivity contribution in [1.82, 2.24) is 0 Å². The van der Waals surface area contributed by atoms with Gasteiger partial charge in [0.1, 0.15) is 0 Å². The Labute approximate surface area is 125 Å². The van der Waals surface area contributed by atoms with Crippen LogP contribution in [0.1, 0.15) is 39.5 Å². The summed E-state index contributed by atoms with van der Waals surface area (Å²) < 4.78 is 19.2. The maximum Gasteiger partial charge on any atom is 0.167 e. The summed E-state index contributed by atoms with van der Waals surface area (Å²) in [5.41, 5.74) is 6.80. The quantitative estimate of drug-likeness (QED) is 0.705. The molecule has 0 heterocycles. The first-order valence-electron chi connectivity index (χ1n) is 7.56. The molecular weight excluding hydrogens is 271 g/mol. The fourth-order valence-corrected chi connectivity index (χ4v) is 2.86. The molecule has 0 spiro atoms. The molecule has 118 valence electrons. The number of nitrogens with two attached hydrogens (primary N) is 1. The summed E-state index contributed by atoms with van der Waals surface area (Å²) in [5.74, 6) is -0.254. The number of anilines is 2. The molecule has 21 heavy (non-hydrogen) atoms. The monoisotopic (exact) mass is 296 g/mol. The Kier molecular flexibility index (Phi) is 4.93. The summed E-state index contributed by atoms with van der Waals surface area (Å²) in [7, 11) is 0. The summed E-state index contributed by atoms with van der Waals surface area (Å²) >= 11 is 0. The molecule has 0 radical (unpaired) electrons. The lowest BCUT2D eigenvalue weighted by Crippen LogP contribution is -2.30. The number of nitrogen functional groups attached to an aromatic ring is 1. The SMILES string of the molecule is CC(C)Oc1cc(NCC2(CO)CCCC2)c(N)cc1F. The van der Waals surface area contributed by atoms with Gasteiger partial charge in [-0.2, -0.15) is 0 Å². The number of hydrogen-bond acceptors (Lipinski definition) is 4. The molecule has 1 fully saturated rings. The van der Waals surface area contributed by atoms with Crippen LogP contribution in [0.3, 0.4) is 0 Å². The first kappa shape index (κ1) is 15.9. The third-order valence-electron chi connectivity index (χ3n) is 4.12. The average Bonchev–Trinajstić information content (AvgIpc) is 2.89. The van der Waals surface area contributed by atoms with Crippen molar-refractivity contribution in [1.29, 1.82) is 0 Å². The maximum atomic E-state index is 13.8. The second kappa shape index (κ2) is 6.52. The third kappa shape index (κ3) is 3.79. The van der Waals surface area contributed by atoms with Crippen molar-refractivity contribution in [2.24, 2.45) is 5.41 Å². The number of aliphatic hydroxyl groups is 1. The van der Waals surface area contributed by atoms with Gasteiger partial charge in [0.2, 0.25) is 0 Å². The highest BCUT2D eigenvalue weighted by Crippen LogP contribution is 2.38. The Morgan fingerprint density at radius 1 is 1.38 bits per heavy atom. The largest absolute Gasteiger partial charge is 0.488 e. The minimum Gasteiger partial charge on any atom is -0.488 e. The second-order valence-corrected chi connectivity index (χ2v) is 6.26. The Balaban J connectivity index is 2.12. The highest BCUT2D eigenvalue weighted by Gasteiger charge is 2.33. The van der Waals surface area contributed by atoms with Crippen molar-refractivity contribution in [3.05, 3.63) is 17.9 Å². The summed E-state index contributed by atoms with van der Waals surface area (Å²) in [5, 5.41) is 12.9. The first-order chi connectivity index (χ1) is 9.96. The standard InChI is InChI=1S/C16H25FN2O2/c1-11(2)21-15-8-14(13(18)7-12(15)17)19-9-16(10-20)5-3-4-6-16/h7-8,11,19-20H,3-6,9-10,18H2,1-2H3. The molecule has 1 aliphatic rings. The van der Waals surface area contributed by atoms with Gasteiger partial charge in [0.05, 0.1) is 24.1 Å². The van der Waals surface area contributed by atoms with Crippen molar-refractivity contribution in [3.8, 4) is 5.75 Å². The summed E-state index contributed by atoms with van der Waals surface area (Å²) in [6, 6.07) is 2.88. The highest BCUT2D eigenvalue weighted by molar-refractivity contribution is 5.68. The van der Waals surface area contributed by atoms with Gasteiger partial charge in [0.15, 0.2) is 11.6 Å². The van der Waals surface area contributed by atoms with Crippen LogP contribution < -0.4 is 15.8 Å². The predicted octanol–water partition coefficient (Wildman–Crippen LogP) is 3.16. The van der Waals surface area contributed by atoms with E-state index in [2.05, 4.69) is 5.32 Å². The zero-order valence-corrected chi connectivity index (χ0v) is 12.8. The molecule has 2 rings (SSSR count). The molecule has 0 aromatic heterocycles. The molecule has 1 aromatic rings. The molecule has 0 unspecified atom stereocenters. The number of hydrogen-bond donors (Lipinski definition) is 3. The van der Waals surface area contributed by atoms with Crippen LogP contribution in [0.15, 0.2) is 12.1 Å². The van der Waals surface area contributed by atoms with Gasteiger partial charge in [0.25, 0.3) is 0 Å². The Morgan fingerprint density at radius 2 is 2.05 bits per heavy atom. The number of benzene rings is 1. The summed E-state index contributed by atoms with van der Waals surface area (Å²) in [4.78, 5) is 0. The van der Waals surface area contributed by atoms with Crippen LogP contribution in [-0.2, 0) is 0 Å². The Morgan fingerprint density at radius 3 is 2.62 bits per heavy atom. The summed E-state index contributed by atoms with van der Waals surface area (Å²) in [6.45, 7) is 4.50. The van der Waals surface area contributed by atoms with E-state index in [0.717, 1.165) is 25.7 Å². The van der Waals surface area contributed by atoms with Gasteiger partial charge in [-0.25, -0.2) is 4.39 Å². The van der Waals surface area contributed by atoms with Gasteiger partial charge in [0, 0.05) is 24.1 Å². The van der Waals surface area contributed by atoms with Gasteiger partial charge in [-0.05, 0) is 26.7 Å². The van der Waals surface area contributed by atoms with Crippen molar-refractivity contribution >= 4 is 11.4 Å². The molecular formula is C16H25FN2O2. The molecule has 4 nitrogen and oxygen atoms in total. The van der Waals surface area contributed by atoms with E-state index in [1.165, 1.54) is 6.07 Å². The zero-order chi connectivity index (χ0) is 15.5. The summed E-state index contributed by atoms with van der Waals surface area (Å²) in [6.07, 6.45) is 4.19. The van der Waals surface area contributed by atoms with E-state index in [0.29, 0.717) is 17.9 Å². The minimum absolute atomic E-state index is 0.0834. The van der Waals surface area contributed by atoms with Crippen molar-refractivity contribution in [3.63, 3.8) is 0 Å². The number of halogens is 1. The van der Waals surface area contributed by atoms with Crippen LogP contribution >= 0.6 is 0 Å². The van der Waals surface area contributed by atoms with Gasteiger partial charge in [-0.3, -0.25) is 0 Å². The van der Waals surface area contributed by atoms with E-state index in [1.54, 1.807) is 6.07 Å². The van der Waals surface area contributed by atoms with Gasteiger partial charge >= 0.3 is 0 Å². The van der Waals surface area contributed by atoms with Crippen molar-refractivity contribution in [2.75, 3.05) is 24.2 Å². The second-order valence-electron chi connectivity index (χ2n) is 6.26. The molecule has 0 bridgehead atoms. The minimum atomic E-state index is -0.454. The fraction of sp³-hybridized carbons (Fsp3) is 0.625. The van der Waals surface area contributed by atoms with E-state index in [4.69, 9.17) is 10.5 Å². The lowest BCUT2D eigenvalue weighted by molar-refractivity contribution is 0.142. The van der Waals surface area contributed by atoms with Crippen LogP contribution in [0.5, 0.6) is 5.75 Å². The maximum absolute atomic E-state index is 13.8. The number of aliphatic hydroxyl groups excluding tert-OH is 1. The van der Waals surface area contributed by atoms with Crippen LogP contribution in [0.2, 0.25) is 0 Å². The van der Waals surface area contributed by atoms with E-state index in [9.17, 15) is 9.50 Å². The van der Waals surface area contributed by atoms with E-state index < -0.39 is 5.82 Å². The van der Waals surface area contributed by atoms with Gasteiger partial charge in [-0.15, -0.1) is 0 Å². The van der Waals surface area contributed by atoms with Crippen LogP contribution in [0, 0.1) is 11.2 Å². The molecule has 1 aliphatic carbocycles. The molecule has 0 atom stereocenters. The molecule has 0 aliphatic heterocycles. The molecule has 5 heteroatoms. The smallest absolute Gasteiger partial charge is 0.167 e. The Bertz CT molecular complexity index is 485. The normalized spacial score (nSPS) is 17.2. The van der Waals surface area contributed by atoms with Gasteiger partial charge in [-0.1, -0.05) is 12.8 Å². The lowest BCUT2D eigenvalue weighted by Gasteiger charge is -2.27. The average molecular weight is 296 g/mol. The number of ether oxygens (including phenoxy) is 1. The predicted molar refractivity (Wildman–Crippen MR) is 83.1 cm³/mol. The highest BCUT2D eigenvalue weighted by atomic mass is 19.1. The molecule has 1 saturated carbocycles. The molecule has 0 saturated heterocycles. The van der Waals surface area contributed by atoms with Gasteiger partial charge < -0.3 is 20.9 Å². The molecule has 4 N–H and O–H groups in total. The lowest BCUT2D eigenvalue weighted by atomic mass is 9.87. The zero-order valence-electron chi connectivity index (χ0n) is 12.8. The van der Waals surface area contributed by atoms with Crippen molar-refractivity contribution in [2.45, 2.75) is 45.6 Å². The molecule has 0 amide bonds. The topological polar surface area (TPSA) is 67.5 Å². The number of rotatable bonds is 6. The van der Waals surface area contributed by atoms with E-state index >= 15 is 0 Å². The van der Waals surface area contributed by atoms with E-state index in [1.807, 2.05) is 13.8 Å². The number of nitrogens with one attached hydrogen (secondary N) is 1. The van der Waals surface area contributed by atoms with E-state index in [-0.39, 0.29) is 23.9 Å². The van der Waals surface area contributed by atoms with Crippen LogP contribution in [0.4, 0.5) is 15.8 Å². The van der Waals surface area contributed by atoms with Crippen molar-refractivity contribution < 1.29 is 14.2 Å². The fourth-order valence-electron chi connectivity index (χ4n) is 2.86. The molecule has 1 aromatic carbocycles. The Hall–Kier alpha value is -1.49. The van der Waals surface area contributed by atoms with Crippen LogP contribution in [-0.4, -0.2) is 24.4 Å². The third-order valence-corrected chi connectivity index (χ3v) is 4.12.